The first kappa shape index (κ1) is 14.4. The van der Waals surface area contributed by atoms with Crippen LogP contribution in [0, 0.1) is 0 Å². The molecule has 7 nitrogen and oxygen atoms in total. The largest absolute Gasteiger partial charge is 0.454 e. The third kappa shape index (κ3) is 2.30. The van der Waals surface area contributed by atoms with Gasteiger partial charge in [0.05, 0.1) is 11.0 Å². The molecule has 0 radical (unpaired) electrons. The summed E-state index contributed by atoms with van der Waals surface area (Å²) in [4.78, 5) is 24.7. The standard InChI is InChI=1S/C17H15N3O4/c1-19-12-4-2-3-5-13(12)20(17(19)22)9-16(21)18-11-6-7-14-15(8-11)24-10-23-14/h2-8H,9-10H2,1H3,(H,18,21). The minimum atomic E-state index is -0.285. The lowest BCUT2D eigenvalue weighted by Gasteiger charge is -2.07. The van der Waals surface area contributed by atoms with Gasteiger partial charge in [0.15, 0.2) is 11.5 Å². The van der Waals surface area contributed by atoms with E-state index in [9.17, 15) is 9.59 Å². The number of nitrogens with zero attached hydrogens (tertiary/aromatic N) is 2. The molecular weight excluding hydrogens is 310 g/mol. The SMILES string of the molecule is Cn1c(=O)n(CC(=O)Nc2ccc3c(c2)OCO3)c2ccccc21. The van der Waals surface area contributed by atoms with Crippen molar-refractivity contribution in [1.29, 1.82) is 0 Å². The molecule has 122 valence electrons. The van der Waals surface area contributed by atoms with Crippen molar-refractivity contribution in [3.63, 3.8) is 0 Å². The van der Waals surface area contributed by atoms with E-state index in [1.165, 1.54) is 9.13 Å². The lowest BCUT2D eigenvalue weighted by Crippen LogP contribution is -2.28. The summed E-state index contributed by atoms with van der Waals surface area (Å²) in [6, 6.07) is 12.5. The molecule has 0 fully saturated rings. The number of aromatic nitrogens is 2. The monoisotopic (exact) mass is 325 g/mol. The Kier molecular flexibility index (Phi) is 3.26. The Bertz CT molecular complexity index is 1000. The summed E-state index contributed by atoms with van der Waals surface area (Å²) in [7, 11) is 1.69. The third-order valence-corrected chi connectivity index (χ3v) is 4.01. The average Bonchev–Trinajstić information content (AvgIpc) is 3.14. The number of hydrogen-bond donors (Lipinski definition) is 1. The number of anilines is 1. The molecule has 0 spiro atoms. The van der Waals surface area contributed by atoms with Crippen LogP contribution in [0.1, 0.15) is 0 Å². The van der Waals surface area contributed by atoms with Crippen LogP contribution in [0.25, 0.3) is 11.0 Å². The van der Waals surface area contributed by atoms with Gasteiger partial charge in [-0.1, -0.05) is 12.1 Å². The molecule has 0 saturated carbocycles. The number of carbonyl (C=O) groups excluding carboxylic acids is 1. The predicted molar refractivity (Wildman–Crippen MR) is 88.4 cm³/mol. The van der Waals surface area contributed by atoms with E-state index >= 15 is 0 Å². The fourth-order valence-corrected chi connectivity index (χ4v) is 2.83. The maximum Gasteiger partial charge on any atom is 0.329 e. The van der Waals surface area contributed by atoms with Crippen LogP contribution >= 0.6 is 0 Å². The molecule has 2 aromatic carbocycles. The average molecular weight is 325 g/mol. The Morgan fingerprint density at radius 3 is 2.71 bits per heavy atom. The fourth-order valence-electron chi connectivity index (χ4n) is 2.83. The van der Waals surface area contributed by atoms with Gasteiger partial charge >= 0.3 is 5.69 Å². The number of ether oxygens (including phenoxy) is 2. The summed E-state index contributed by atoms with van der Waals surface area (Å²) in [5, 5.41) is 2.78. The molecule has 1 amide bonds. The second-order valence-corrected chi connectivity index (χ2v) is 5.53. The van der Waals surface area contributed by atoms with Crippen molar-refractivity contribution < 1.29 is 14.3 Å². The van der Waals surface area contributed by atoms with Gasteiger partial charge in [0.2, 0.25) is 12.7 Å². The number of carbonyl (C=O) groups is 1. The molecule has 7 heteroatoms. The summed E-state index contributed by atoms with van der Waals surface area (Å²) in [5.41, 5.74) is 1.89. The number of amides is 1. The van der Waals surface area contributed by atoms with E-state index in [2.05, 4.69) is 5.32 Å². The summed E-state index contributed by atoms with van der Waals surface area (Å²) in [6.07, 6.45) is 0. The number of aryl methyl sites for hydroxylation is 1. The van der Waals surface area contributed by atoms with Gasteiger partial charge in [0.1, 0.15) is 6.54 Å². The first-order valence-electron chi connectivity index (χ1n) is 7.47. The van der Waals surface area contributed by atoms with Crippen molar-refractivity contribution in [2.45, 2.75) is 6.54 Å². The molecule has 24 heavy (non-hydrogen) atoms. The van der Waals surface area contributed by atoms with Gasteiger partial charge in [0, 0.05) is 18.8 Å². The Morgan fingerprint density at radius 2 is 1.88 bits per heavy atom. The van der Waals surface area contributed by atoms with Crippen LogP contribution in [0.2, 0.25) is 0 Å². The highest BCUT2D eigenvalue weighted by molar-refractivity contribution is 5.92. The molecule has 1 aliphatic heterocycles. The molecule has 3 aromatic rings. The van der Waals surface area contributed by atoms with Gasteiger partial charge in [-0.25, -0.2) is 4.79 Å². The van der Waals surface area contributed by atoms with Crippen molar-refractivity contribution in [3.8, 4) is 11.5 Å². The van der Waals surface area contributed by atoms with E-state index in [0.717, 1.165) is 11.0 Å². The van der Waals surface area contributed by atoms with Gasteiger partial charge in [0.25, 0.3) is 0 Å². The lowest BCUT2D eigenvalue weighted by molar-refractivity contribution is -0.116. The molecule has 0 aliphatic carbocycles. The fraction of sp³-hybridized carbons (Fsp3) is 0.176. The van der Waals surface area contributed by atoms with Gasteiger partial charge in [-0.3, -0.25) is 13.9 Å². The number of hydrogen-bond acceptors (Lipinski definition) is 4. The van der Waals surface area contributed by atoms with Crippen molar-refractivity contribution >= 4 is 22.6 Å². The highest BCUT2D eigenvalue weighted by Gasteiger charge is 2.16. The van der Waals surface area contributed by atoms with E-state index in [1.54, 1.807) is 25.2 Å². The highest BCUT2D eigenvalue weighted by atomic mass is 16.7. The van der Waals surface area contributed by atoms with Crippen LogP contribution in [-0.2, 0) is 18.4 Å². The Labute approximate surface area is 137 Å². The number of benzene rings is 2. The Balaban J connectivity index is 1.59. The quantitative estimate of drug-likeness (QED) is 0.795. The van der Waals surface area contributed by atoms with E-state index in [4.69, 9.17) is 9.47 Å². The molecule has 0 bridgehead atoms. The van der Waals surface area contributed by atoms with E-state index in [-0.39, 0.29) is 24.9 Å². The zero-order chi connectivity index (χ0) is 16.7. The summed E-state index contributed by atoms with van der Waals surface area (Å²) in [5.74, 6) is 0.959. The van der Waals surface area contributed by atoms with Crippen molar-refractivity contribution in [1.82, 2.24) is 9.13 Å². The maximum absolute atomic E-state index is 12.3. The molecule has 0 saturated heterocycles. The topological polar surface area (TPSA) is 74.5 Å². The normalized spacial score (nSPS) is 12.5. The summed E-state index contributed by atoms with van der Waals surface area (Å²) < 4.78 is 13.5. The summed E-state index contributed by atoms with van der Waals surface area (Å²) in [6.45, 7) is 0.118. The third-order valence-electron chi connectivity index (χ3n) is 4.01. The molecule has 1 aromatic heterocycles. The second kappa shape index (κ2) is 5.45. The Hall–Kier alpha value is -3.22. The smallest absolute Gasteiger partial charge is 0.329 e. The van der Waals surface area contributed by atoms with Crippen LogP contribution in [0.5, 0.6) is 11.5 Å². The molecule has 0 atom stereocenters. The van der Waals surface area contributed by atoms with Crippen molar-refractivity contribution in [3.05, 3.63) is 52.9 Å². The van der Waals surface area contributed by atoms with Crippen LogP contribution in [0.4, 0.5) is 5.69 Å². The zero-order valence-electron chi connectivity index (χ0n) is 13.0. The van der Waals surface area contributed by atoms with Gasteiger partial charge in [-0.15, -0.1) is 0 Å². The first-order valence-corrected chi connectivity index (χ1v) is 7.47. The van der Waals surface area contributed by atoms with Crippen LogP contribution < -0.4 is 20.5 Å². The van der Waals surface area contributed by atoms with Gasteiger partial charge in [-0.05, 0) is 24.3 Å². The summed E-state index contributed by atoms with van der Waals surface area (Å²) >= 11 is 0. The Morgan fingerprint density at radius 1 is 1.12 bits per heavy atom. The number of imidazole rings is 1. The lowest BCUT2D eigenvalue weighted by atomic mass is 10.2. The van der Waals surface area contributed by atoms with Crippen LogP contribution in [-0.4, -0.2) is 21.8 Å². The molecule has 0 unspecified atom stereocenters. The molecular formula is C17H15N3O4. The van der Waals surface area contributed by atoms with Gasteiger partial charge < -0.3 is 14.8 Å². The molecule has 1 N–H and O–H groups in total. The molecule has 2 heterocycles. The number of para-hydroxylation sites is 2. The number of fused-ring (bicyclic) bond motifs is 2. The predicted octanol–water partition coefficient (Wildman–Crippen LogP) is 1.71. The maximum atomic E-state index is 12.3. The number of nitrogens with one attached hydrogen (secondary N) is 1. The zero-order valence-corrected chi connectivity index (χ0v) is 13.0. The highest BCUT2D eigenvalue weighted by Crippen LogP contribution is 2.34. The van der Waals surface area contributed by atoms with E-state index < -0.39 is 0 Å². The molecule has 1 aliphatic rings. The molecule has 4 rings (SSSR count). The van der Waals surface area contributed by atoms with Crippen LogP contribution in [0.15, 0.2) is 47.3 Å². The van der Waals surface area contributed by atoms with Crippen molar-refractivity contribution in [2.24, 2.45) is 7.05 Å². The van der Waals surface area contributed by atoms with Crippen LogP contribution in [0.3, 0.4) is 0 Å². The van der Waals surface area contributed by atoms with Gasteiger partial charge in [-0.2, -0.15) is 0 Å². The minimum Gasteiger partial charge on any atom is -0.454 e. The van der Waals surface area contributed by atoms with Crippen molar-refractivity contribution in [2.75, 3.05) is 12.1 Å². The van der Waals surface area contributed by atoms with E-state index in [1.807, 2.05) is 24.3 Å². The number of rotatable bonds is 3. The van der Waals surface area contributed by atoms with E-state index in [0.29, 0.717) is 17.2 Å². The second-order valence-electron chi connectivity index (χ2n) is 5.53. The minimum absolute atomic E-state index is 0.0609. The first-order chi connectivity index (χ1) is 11.6.